The number of hydrogen-bond donors (Lipinski definition) is 3. The van der Waals surface area contributed by atoms with Crippen LogP contribution in [0.25, 0.3) is 11.1 Å². The number of carboxylic acid groups (broad SMARTS) is 1. The number of nitrogens with one attached hydrogen (secondary N) is 2. The van der Waals surface area contributed by atoms with E-state index in [1.165, 1.54) is 17.2 Å². The molecule has 0 aliphatic heterocycles. The number of hydrogen-bond acceptors (Lipinski definition) is 4. The molecule has 3 N–H and O–H groups in total. The van der Waals surface area contributed by atoms with E-state index >= 15 is 0 Å². The predicted octanol–water partition coefficient (Wildman–Crippen LogP) is 3.45. The zero-order valence-electron chi connectivity index (χ0n) is 17.6. The smallest absolute Gasteiger partial charge is 0.407 e. The molecule has 2 atom stereocenters. The van der Waals surface area contributed by atoms with Crippen molar-refractivity contribution in [2.75, 3.05) is 13.2 Å². The number of ether oxygens (including phenoxy) is 1. The van der Waals surface area contributed by atoms with Crippen LogP contribution in [0.1, 0.15) is 36.3 Å². The maximum Gasteiger partial charge on any atom is 0.407 e. The van der Waals surface area contributed by atoms with Crippen molar-refractivity contribution in [3.8, 4) is 11.1 Å². The van der Waals surface area contributed by atoms with Crippen LogP contribution in [-0.4, -0.2) is 42.3 Å². The van der Waals surface area contributed by atoms with Gasteiger partial charge in [0.05, 0.1) is 5.92 Å². The fourth-order valence-corrected chi connectivity index (χ4v) is 4.54. The first-order valence-electron chi connectivity index (χ1n) is 10.8. The van der Waals surface area contributed by atoms with Crippen LogP contribution in [0, 0.1) is 5.92 Å². The van der Waals surface area contributed by atoms with Crippen molar-refractivity contribution in [1.82, 2.24) is 10.6 Å². The lowest BCUT2D eigenvalue weighted by Crippen LogP contribution is -2.32. The van der Waals surface area contributed by atoms with Crippen molar-refractivity contribution in [3.63, 3.8) is 0 Å². The lowest BCUT2D eigenvalue weighted by atomic mass is 9.98. The summed E-state index contributed by atoms with van der Waals surface area (Å²) < 4.78 is 5.45. The minimum Gasteiger partial charge on any atom is -0.481 e. The molecule has 2 aliphatic carbocycles. The Hall–Kier alpha value is -3.61. The number of carbonyl (C=O) groups excluding carboxylic acids is 2. The molecule has 2 amide bonds. The van der Waals surface area contributed by atoms with Gasteiger partial charge in [-0.05, 0) is 41.5 Å². The van der Waals surface area contributed by atoms with Crippen LogP contribution >= 0.6 is 0 Å². The molecule has 7 heteroatoms. The first-order chi connectivity index (χ1) is 15.5. The highest BCUT2D eigenvalue weighted by Gasteiger charge is 2.30. The summed E-state index contributed by atoms with van der Waals surface area (Å²) >= 11 is 0. The van der Waals surface area contributed by atoms with Crippen LogP contribution in [-0.2, 0) is 14.3 Å². The summed E-state index contributed by atoms with van der Waals surface area (Å²) in [6, 6.07) is 16.1. The minimum atomic E-state index is -0.815. The SMILES string of the molecule is O=C(/C=C/CNC(=O)OCC1c2ccccc2-c2ccccc21)NC1CCC(C(=O)O)C1. The van der Waals surface area contributed by atoms with Crippen LogP contribution in [0.4, 0.5) is 4.79 Å². The number of carboxylic acids is 1. The van der Waals surface area contributed by atoms with Gasteiger partial charge in [-0.25, -0.2) is 4.79 Å². The van der Waals surface area contributed by atoms with E-state index in [0.29, 0.717) is 19.3 Å². The van der Waals surface area contributed by atoms with Gasteiger partial charge in [0.1, 0.15) is 6.61 Å². The molecule has 32 heavy (non-hydrogen) atoms. The molecule has 2 aromatic carbocycles. The fraction of sp³-hybridized carbons (Fsp3) is 0.320. The maximum atomic E-state index is 12.1. The summed E-state index contributed by atoms with van der Waals surface area (Å²) in [4.78, 5) is 35.1. The fourth-order valence-electron chi connectivity index (χ4n) is 4.54. The topological polar surface area (TPSA) is 105 Å². The third kappa shape index (κ3) is 4.82. The largest absolute Gasteiger partial charge is 0.481 e. The number of rotatable bonds is 7. The summed E-state index contributed by atoms with van der Waals surface area (Å²) in [5.41, 5.74) is 4.64. The number of aliphatic carboxylic acids is 1. The summed E-state index contributed by atoms with van der Waals surface area (Å²) in [5.74, 6) is -1.50. The van der Waals surface area contributed by atoms with Crippen molar-refractivity contribution in [2.24, 2.45) is 5.92 Å². The first-order valence-corrected chi connectivity index (χ1v) is 10.8. The molecule has 166 valence electrons. The van der Waals surface area contributed by atoms with Gasteiger partial charge in [-0.1, -0.05) is 54.6 Å². The third-order valence-corrected chi connectivity index (χ3v) is 6.11. The molecule has 2 aromatic rings. The predicted molar refractivity (Wildman–Crippen MR) is 119 cm³/mol. The first kappa shape index (κ1) is 21.6. The Bertz CT molecular complexity index is 1000. The normalized spacial score (nSPS) is 19.4. The van der Waals surface area contributed by atoms with Crippen LogP contribution < -0.4 is 10.6 Å². The Kier molecular flexibility index (Phi) is 6.54. The molecule has 1 fully saturated rings. The summed E-state index contributed by atoms with van der Waals surface area (Å²) in [5, 5.41) is 14.4. The number of alkyl carbamates (subject to hydrolysis) is 1. The lowest BCUT2D eigenvalue weighted by molar-refractivity contribution is -0.141. The Morgan fingerprint density at radius 2 is 1.66 bits per heavy atom. The van der Waals surface area contributed by atoms with E-state index in [-0.39, 0.29) is 36.9 Å². The van der Waals surface area contributed by atoms with Gasteiger partial charge in [0.15, 0.2) is 0 Å². The Morgan fingerprint density at radius 3 is 2.28 bits per heavy atom. The van der Waals surface area contributed by atoms with Crippen molar-refractivity contribution >= 4 is 18.0 Å². The van der Waals surface area contributed by atoms with Crippen LogP contribution in [0.2, 0.25) is 0 Å². The Labute approximate surface area is 186 Å². The summed E-state index contributed by atoms with van der Waals surface area (Å²) in [6.45, 7) is 0.392. The molecule has 0 spiro atoms. The highest BCUT2D eigenvalue weighted by molar-refractivity contribution is 5.88. The number of amides is 2. The standard InChI is InChI=1S/C25H26N2O5/c28-23(27-17-12-11-16(14-17)24(29)30)10-5-13-26-25(31)32-15-22-20-8-3-1-6-18(20)19-7-2-4-9-21(19)22/h1-10,16-17,22H,11-15H2,(H,26,31)(H,27,28)(H,29,30)/b10-5+. The zero-order chi connectivity index (χ0) is 22.5. The van der Waals surface area contributed by atoms with E-state index in [1.807, 2.05) is 24.3 Å². The number of fused-ring (bicyclic) bond motifs is 3. The maximum absolute atomic E-state index is 12.1. The minimum absolute atomic E-state index is 0.00416. The monoisotopic (exact) mass is 434 g/mol. The van der Waals surface area contributed by atoms with Crippen LogP contribution in [0.3, 0.4) is 0 Å². The number of carbonyl (C=O) groups is 3. The van der Waals surface area contributed by atoms with Crippen LogP contribution in [0.5, 0.6) is 0 Å². The van der Waals surface area contributed by atoms with Gasteiger partial charge in [-0.2, -0.15) is 0 Å². The average molecular weight is 434 g/mol. The molecule has 0 saturated heterocycles. The van der Waals surface area contributed by atoms with Crippen molar-refractivity contribution in [3.05, 3.63) is 71.8 Å². The average Bonchev–Trinajstić information content (AvgIpc) is 3.38. The van der Waals surface area contributed by atoms with Gasteiger partial charge in [-0.3, -0.25) is 9.59 Å². The van der Waals surface area contributed by atoms with E-state index in [1.54, 1.807) is 6.08 Å². The molecule has 1 saturated carbocycles. The summed E-state index contributed by atoms with van der Waals surface area (Å²) in [6.07, 6.45) is 4.03. The van der Waals surface area contributed by atoms with Gasteiger partial charge in [0.2, 0.25) is 5.91 Å². The molecule has 7 nitrogen and oxygen atoms in total. The molecule has 0 bridgehead atoms. The van der Waals surface area contributed by atoms with Gasteiger partial charge < -0.3 is 20.5 Å². The van der Waals surface area contributed by atoms with Crippen LogP contribution in [0.15, 0.2) is 60.7 Å². The van der Waals surface area contributed by atoms with E-state index in [9.17, 15) is 14.4 Å². The van der Waals surface area contributed by atoms with Crippen molar-refractivity contribution in [1.29, 1.82) is 0 Å². The second-order valence-electron chi connectivity index (χ2n) is 8.16. The second-order valence-corrected chi connectivity index (χ2v) is 8.16. The van der Waals surface area contributed by atoms with Gasteiger partial charge in [0.25, 0.3) is 0 Å². The van der Waals surface area contributed by atoms with E-state index in [0.717, 1.165) is 11.1 Å². The molecular weight excluding hydrogens is 408 g/mol. The second kappa shape index (κ2) is 9.68. The quantitative estimate of drug-likeness (QED) is 0.579. The van der Waals surface area contributed by atoms with Crippen molar-refractivity contribution in [2.45, 2.75) is 31.2 Å². The Balaban J connectivity index is 1.22. The molecule has 2 unspecified atom stereocenters. The third-order valence-electron chi connectivity index (χ3n) is 6.11. The molecule has 0 radical (unpaired) electrons. The van der Waals surface area contributed by atoms with Crippen molar-refractivity contribution < 1.29 is 24.2 Å². The van der Waals surface area contributed by atoms with Gasteiger partial charge in [-0.15, -0.1) is 0 Å². The molecule has 0 heterocycles. The number of benzene rings is 2. The van der Waals surface area contributed by atoms with E-state index < -0.39 is 12.1 Å². The Morgan fingerprint density at radius 1 is 1.00 bits per heavy atom. The lowest BCUT2D eigenvalue weighted by Gasteiger charge is -2.14. The van der Waals surface area contributed by atoms with E-state index in [2.05, 4.69) is 34.9 Å². The van der Waals surface area contributed by atoms with E-state index in [4.69, 9.17) is 9.84 Å². The molecular formula is C25H26N2O5. The highest BCUT2D eigenvalue weighted by atomic mass is 16.5. The van der Waals surface area contributed by atoms with Gasteiger partial charge >= 0.3 is 12.1 Å². The zero-order valence-corrected chi connectivity index (χ0v) is 17.6. The van der Waals surface area contributed by atoms with Gasteiger partial charge in [0, 0.05) is 24.6 Å². The molecule has 2 aliphatic rings. The molecule has 4 rings (SSSR count). The highest BCUT2D eigenvalue weighted by Crippen LogP contribution is 2.44. The molecule has 0 aromatic heterocycles. The summed E-state index contributed by atoms with van der Waals surface area (Å²) in [7, 11) is 0.